The lowest BCUT2D eigenvalue weighted by Gasteiger charge is -2.01. The van der Waals surface area contributed by atoms with Crippen LogP contribution in [0.2, 0.25) is 0 Å². The smallest absolute Gasteiger partial charge is 0.303 e. The van der Waals surface area contributed by atoms with Gasteiger partial charge in [0.25, 0.3) is 0 Å². The van der Waals surface area contributed by atoms with Crippen LogP contribution >= 0.6 is 0 Å². The molecule has 3 N–H and O–H groups in total. The molecule has 0 spiro atoms. The molecule has 0 radical (unpaired) electrons. The number of aliphatic carboxylic acids is 1. The Morgan fingerprint density at radius 2 is 2.00 bits per heavy atom. The van der Waals surface area contributed by atoms with Crippen molar-refractivity contribution in [2.45, 2.75) is 12.8 Å². The summed E-state index contributed by atoms with van der Waals surface area (Å²) in [5.41, 5.74) is 1.75. The normalized spacial score (nSPS) is 10.7. The fraction of sp³-hybridized carbons (Fsp3) is 0.222. The number of hydrogen-bond donors (Lipinski definition) is 3. The molecule has 0 aliphatic heterocycles. The van der Waals surface area contributed by atoms with Gasteiger partial charge in [-0.25, -0.2) is 0 Å². The molecule has 1 heterocycles. The van der Waals surface area contributed by atoms with E-state index in [0.29, 0.717) is 16.6 Å². The third-order valence-electron chi connectivity index (χ3n) is 2.12. The molecular weight excluding hydrogens is 198 g/mol. The van der Waals surface area contributed by atoms with Crippen LogP contribution < -0.4 is 0 Å². The number of nitrogens with zero attached hydrogens (tertiary/aromatic N) is 2. The van der Waals surface area contributed by atoms with E-state index in [-0.39, 0.29) is 18.6 Å². The van der Waals surface area contributed by atoms with Crippen molar-refractivity contribution in [1.29, 1.82) is 0 Å². The Labute approximate surface area is 84.5 Å². The molecular formula is C9H9N3O3. The van der Waals surface area contributed by atoms with Crippen LogP contribution in [-0.2, 0) is 11.2 Å². The van der Waals surface area contributed by atoms with Crippen molar-refractivity contribution < 1.29 is 15.0 Å². The lowest BCUT2D eigenvalue weighted by Crippen LogP contribution is -1.97. The number of hydrogen-bond acceptors (Lipinski definition) is 4. The third-order valence-corrected chi connectivity index (χ3v) is 2.12. The zero-order chi connectivity index (χ0) is 10.8. The van der Waals surface area contributed by atoms with Gasteiger partial charge in [0.1, 0.15) is 16.8 Å². The molecule has 2 rings (SSSR count). The molecule has 6 heteroatoms. The number of nitrogens with one attached hydrogen (secondary N) is 1. The summed E-state index contributed by atoms with van der Waals surface area (Å²) in [4.78, 5) is 10.4. The lowest BCUT2D eigenvalue weighted by atomic mass is 10.1. The molecule has 0 fully saturated rings. The molecule has 0 saturated carbocycles. The van der Waals surface area contributed by atoms with E-state index < -0.39 is 5.97 Å². The van der Waals surface area contributed by atoms with Crippen molar-refractivity contribution in [1.82, 2.24) is 15.4 Å². The average Bonchev–Trinajstić information content (AvgIpc) is 2.60. The highest BCUT2D eigenvalue weighted by molar-refractivity contribution is 5.77. The van der Waals surface area contributed by atoms with Crippen LogP contribution in [0.4, 0.5) is 0 Å². The number of carbonyl (C=O) groups is 1. The maximum atomic E-state index is 10.4. The third kappa shape index (κ3) is 1.88. The number of rotatable bonds is 3. The molecule has 15 heavy (non-hydrogen) atoms. The first-order valence-electron chi connectivity index (χ1n) is 4.41. The number of phenols is 1. The van der Waals surface area contributed by atoms with E-state index in [4.69, 9.17) is 5.11 Å². The zero-order valence-corrected chi connectivity index (χ0v) is 7.77. The Morgan fingerprint density at radius 1 is 1.33 bits per heavy atom. The molecule has 1 aromatic heterocycles. The van der Waals surface area contributed by atoms with Crippen LogP contribution in [0.15, 0.2) is 12.1 Å². The number of aromatic nitrogens is 3. The lowest BCUT2D eigenvalue weighted by molar-refractivity contribution is -0.136. The van der Waals surface area contributed by atoms with Crippen molar-refractivity contribution in [3.8, 4) is 5.75 Å². The molecule has 78 valence electrons. The fourth-order valence-electron chi connectivity index (χ4n) is 1.36. The number of phenolic OH excluding ortho intramolecular Hbond substituents is 1. The Bertz CT molecular complexity index is 506. The van der Waals surface area contributed by atoms with E-state index in [0.717, 1.165) is 0 Å². The predicted molar refractivity (Wildman–Crippen MR) is 51.5 cm³/mol. The van der Waals surface area contributed by atoms with Gasteiger partial charge in [0.2, 0.25) is 0 Å². The zero-order valence-electron chi connectivity index (χ0n) is 7.77. The summed E-state index contributed by atoms with van der Waals surface area (Å²) < 4.78 is 0. The van der Waals surface area contributed by atoms with Crippen LogP contribution in [0.3, 0.4) is 0 Å². The Balaban J connectivity index is 2.33. The maximum Gasteiger partial charge on any atom is 0.303 e. The minimum atomic E-state index is -0.894. The molecule has 0 aliphatic rings. The summed E-state index contributed by atoms with van der Waals surface area (Å²) in [6.07, 6.45) is 0.265. The van der Waals surface area contributed by atoms with Gasteiger partial charge >= 0.3 is 5.97 Å². The van der Waals surface area contributed by atoms with Gasteiger partial charge in [-0.15, -0.1) is 0 Å². The summed E-state index contributed by atoms with van der Waals surface area (Å²) in [5.74, 6) is -0.840. The highest BCUT2D eigenvalue weighted by atomic mass is 16.4. The first-order chi connectivity index (χ1) is 7.16. The summed E-state index contributed by atoms with van der Waals surface area (Å²) in [6.45, 7) is 0. The summed E-state index contributed by atoms with van der Waals surface area (Å²) in [5, 5.41) is 28.2. The maximum absolute atomic E-state index is 10.4. The Hall–Kier alpha value is -2.11. The second-order valence-electron chi connectivity index (χ2n) is 3.19. The van der Waals surface area contributed by atoms with Crippen molar-refractivity contribution in [3.63, 3.8) is 0 Å². The highest BCUT2D eigenvalue weighted by Crippen LogP contribution is 2.23. The number of carboxylic acids is 1. The molecule has 0 bridgehead atoms. The second-order valence-corrected chi connectivity index (χ2v) is 3.19. The van der Waals surface area contributed by atoms with Crippen molar-refractivity contribution in [2.24, 2.45) is 0 Å². The van der Waals surface area contributed by atoms with Gasteiger partial charge in [-0.2, -0.15) is 15.4 Å². The number of H-pyrrole nitrogens is 1. The topological polar surface area (TPSA) is 99.1 Å². The van der Waals surface area contributed by atoms with E-state index in [2.05, 4.69) is 15.4 Å². The van der Waals surface area contributed by atoms with Gasteiger partial charge in [0.15, 0.2) is 0 Å². The monoisotopic (exact) mass is 207 g/mol. The Morgan fingerprint density at radius 3 is 2.67 bits per heavy atom. The van der Waals surface area contributed by atoms with Gasteiger partial charge in [-0.3, -0.25) is 4.79 Å². The predicted octanol–water partition coefficient (Wildman–Crippen LogP) is 0.681. The molecule has 0 atom stereocenters. The van der Waals surface area contributed by atoms with E-state index in [9.17, 15) is 9.90 Å². The molecule has 0 aliphatic carbocycles. The van der Waals surface area contributed by atoms with Crippen LogP contribution in [0, 0.1) is 0 Å². The van der Waals surface area contributed by atoms with Crippen LogP contribution in [0.25, 0.3) is 11.0 Å². The second kappa shape index (κ2) is 3.56. The minimum Gasteiger partial charge on any atom is -0.508 e. The van der Waals surface area contributed by atoms with Gasteiger partial charge < -0.3 is 10.2 Å². The van der Waals surface area contributed by atoms with Crippen LogP contribution in [0.5, 0.6) is 5.75 Å². The first kappa shape index (κ1) is 9.45. The number of carboxylic acid groups (broad SMARTS) is 1. The fourth-order valence-corrected chi connectivity index (χ4v) is 1.36. The number of fused-ring (bicyclic) bond motifs is 1. The van der Waals surface area contributed by atoms with E-state index >= 15 is 0 Å². The van der Waals surface area contributed by atoms with E-state index in [1.807, 2.05) is 0 Å². The van der Waals surface area contributed by atoms with Gasteiger partial charge in [-0.05, 0) is 18.1 Å². The standard InChI is InChI=1S/C9H9N3O3/c13-8-4-7-6(10-12-11-7)3-5(8)1-2-9(14)15/h3-4,13H,1-2H2,(H,14,15)(H,10,11,12). The Kier molecular flexibility index (Phi) is 2.24. The van der Waals surface area contributed by atoms with Crippen LogP contribution in [-0.4, -0.2) is 31.6 Å². The highest BCUT2D eigenvalue weighted by Gasteiger charge is 2.08. The van der Waals surface area contributed by atoms with Crippen molar-refractivity contribution in [3.05, 3.63) is 17.7 Å². The minimum absolute atomic E-state index is 0.0169. The van der Waals surface area contributed by atoms with Crippen LogP contribution in [0.1, 0.15) is 12.0 Å². The average molecular weight is 207 g/mol. The molecule has 1 aromatic carbocycles. The summed E-state index contributed by atoms with van der Waals surface area (Å²) >= 11 is 0. The number of aromatic hydroxyl groups is 1. The van der Waals surface area contributed by atoms with Crippen molar-refractivity contribution in [2.75, 3.05) is 0 Å². The molecule has 6 nitrogen and oxygen atoms in total. The van der Waals surface area contributed by atoms with E-state index in [1.54, 1.807) is 6.07 Å². The molecule has 0 saturated heterocycles. The number of aryl methyl sites for hydroxylation is 1. The summed E-state index contributed by atoms with van der Waals surface area (Å²) in [7, 11) is 0. The van der Waals surface area contributed by atoms with E-state index in [1.165, 1.54) is 6.07 Å². The van der Waals surface area contributed by atoms with Crippen molar-refractivity contribution >= 4 is 17.0 Å². The van der Waals surface area contributed by atoms with Gasteiger partial charge in [0, 0.05) is 12.5 Å². The van der Waals surface area contributed by atoms with Gasteiger partial charge in [-0.1, -0.05) is 0 Å². The van der Waals surface area contributed by atoms with Gasteiger partial charge in [0.05, 0.1) is 0 Å². The largest absolute Gasteiger partial charge is 0.508 e. The summed E-state index contributed by atoms with van der Waals surface area (Å²) in [6, 6.07) is 3.10. The molecule has 2 aromatic rings. The first-order valence-corrected chi connectivity index (χ1v) is 4.41. The number of benzene rings is 1. The number of aromatic amines is 1. The SMILES string of the molecule is O=C(O)CCc1cc2n[nH]nc2cc1O. The quantitative estimate of drug-likeness (QED) is 0.687. The molecule has 0 unspecified atom stereocenters. The molecule has 0 amide bonds.